The van der Waals surface area contributed by atoms with E-state index in [9.17, 15) is 42.2 Å². The summed E-state index contributed by atoms with van der Waals surface area (Å²) in [6.45, 7) is 1.95. The molecule has 34 heavy (non-hydrogen) atoms. The number of halogens is 8. The molecule has 0 spiro atoms. The summed E-state index contributed by atoms with van der Waals surface area (Å²) in [6, 6.07) is 1.83. The Bertz CT molecular complexity index is 1020. The van der Waals surface area contributed by atoms with Gasteiger partial charge in [-0.05, 0) is 43.4 Å². The van der Waals surface area contributed by atoms with Gasteiger partial charge in [0.2, 0.25) is 11.9 Å². The average molecular weight is 523 g/mol. The number of hydrogen-bond acceptors (Lipinski definition) is 3. The van der Waals surface area contributed by atoms with E-state index in [0.717, 1.165) is 19.2 Å². The number of carbonyl (C=O) groups is 2. The van der Waals surface area contributed by atoms with Crippen molar-refractivity contribution in [2.45, 2.75) is 42.3 Å². The number of hydrogen-bond donors (Lipinski definition) is 1. The predicted octanol–water partition coefficient (Wildman–Crippen LogP) is 5.12. The van der Waals surface area contributed by atoms with Gasteiger partial charge in [0, 0.05) is 20.3 Å². The molecule has 2 atom stereocenters. The van der Waals surface area contributed by atoms with Crippen LogP contribution in [0.1, 0.15) is 31.2 Å². The molecule has 2 heterocycles. The quantitative estimate of drug-likeness (QED) is 0.559. The van der Waals surface area contributed by atoms with Crippen LogP contribution in [-0.4, -0.2) is 54.7 Å². The maximum atomic E-state index is 13.3. The summed E-state index contributed by atoms with van der Waals surface area (Å²) in [5, 5.41) is 2.71. The lowest BCUT2D eigenvalue weighted by Crippen LogP contribution is -2.68. The number of aliphatic imine (C=N–C) groups is 1. The summed E-state index contributed by atoms with van der Waals surface area (Å²) < 4.78 is 109. The smallest absolute Gasteiger partial charge is 0.381 e. The van der Waals surface area contributed by atoms with Gasteiger partial charge in [-0.1, -0.05) is 31.6 Å². The standard InChI is InChI=1S/C19H21F8N3O3S/c1-18(12-7-9-33-10-8-12)14(11-3-5-13(6-4-11)34(23,24,25,26)27)15(31)30(2)17(29-18)28-16(32)19(20,21)22/h3-6,12,14H,7-10H2,1-2H3,(H,28,29,32)/t14-,18+/m0/s1. The minimum absolute atomic E-state index is 0.0647. The summed E-state index contributed by atoms with van der Waals surface area (Å²) in [5.41, 5.74) is -1.49. The first-order valence-corrected chi connectivity index (χ1v) is 11.9. The minimum atomic E-state index is -9.96. The Morgan fingerprint density at radius 3 is 2.12 bits per heavy atom. The highest BCUT2D eigenvalue weighted by atomic mass is 32.5. The number of amides is 2. The largest absolute Gasteiger partial charge is 0.473 e. The molecule has 2 amide bonds. The molecule has 0 bridgehead atoms. The van der Waals surface area contributed by atoms with Crippen molar-refractivity contribution in [1.82, 2.24) is 10.2 Å². The lowest BCUT2D eigenvalue weighted by atomic mass is 9.68. The van der Waals surface area contributed by atoms with E-state index in [-0.39, 0.29) is 30.9 Å². The van der Waals surface area contributed by atoms with E-state index in [1.165, 1.54) is 6.92 Å². The van der Waals surface area contributed by atoms with Gasteiger partial charge in [0.25, 0.3) is 0 Å². The van der Waals surface area contributed by atoms with E-state index < -0.39 is 56.4 Å². The van der Waals surface area contributed by atoms with Gasteiger partial charge in [-0.2, -0.15) is 18.2 Å². The molecule has 2 aliphatic rings. The van der Waals surface area contributed by atoms with Crippen molar-refractivity contribution < 1.29 is 46.9 Å². The van der Waals surface area contributed by atoms with Crippen LogP contribution in [0.4, 0.5) is 32.6 Å². The molecule has 2 saturated heterocycles. The number of benzene rings is 1. The normalized spacial score (nSPS) is 28.3. The van der Waals surface area contributed by atoms with Crippen LogP contribution in [0, 0.1) is 5.92 Å². The Labute approximate surface area is 189 Å². The maximum absolute atomic E-state index is 13.3. The molecular formula is C19H21F8N3O3S. The molecule has 0 aliphatic carbocycles. The Hall–Kier alpha value is -2.42. The second kappa shape index (κ2) is 7.54. The number of carbonyl (C=O) groups excluding carboxylic acids is 2. The Morgan fingerprint density at radius 1 is 1.12 bits per heavy atom. The first-order chi connectivity index (χ1) is 15.2. The van der Waals surface area contributed by atoms with Crippen LogP contribution in [-0.2, 0) is 14.3 Å². The van der Waals surface area contributed by atoms with Crippen molar-refractivity contribution in [2.24, 2.45) is 10.9 Å². The molecule has 1 N–H and O–H groups in total. The highest BCUT2D eigenvalue weighted by Crippen LogP contribution is 3.02. The molecule has 3 rings (SSSR count). The van der Waals surface area contributed by atoms with Crippen molar-refractivity contribution in [3.05, 3.63) is 29.8 Å². The molecule has 2 aliphatic heterocycles. The van der Waals surface area contributed by atoms with E-state index in [4.69, 9.17) is 4.74 Å². The van der Waals surface area contributed by atoms with E-state index in [1.54, 1.807) is 0 Å². The lowest BCUT2D eigenvalue weighted by Gasteiger charge is -2.51. The topological polar surface area (TPSA) is 71.0 Å². The zero-order valence-corrected chi connectivity index (χ0v) is 18.7. The molecule has 6 nitrogen and oxygen atoms in total. The summed E-state index contributed by atoms with van der Waals surface area (Å²) in [6.07, 6.45) is -4.63. The van der Waals surface area contributed by atoms with Crippen LogP contribution < -0.4 is 5.32 Å². The van der Waals surface area contributed by atoms with Crippen LogP contribution in [0.25, 0.3) is 0 Å². The molecule has 0 aromatic heterocycles. The zero-order valence-electron chi connectivity index (χ0n) is 17.8. The number of guanidine groups is 1. The van der Waals surface area contributed by atoms with Gasteiger partial charge in [-0.3, -0.25) is 14.5 Å². The third-order valence-electron chi connectivity index (χ3n) is 6.05. The summed E-state index contributed by atoms with van der Waals surface area (Å²) >= 11 is 0. The summed E-state index contributed by atoms with van der Waals surface area (Å²) in [5.74, 6) is -5.73. The molecule has 1 aromatic carbocycles. The summed E-state index contributed by atoms with van der Waals surface area (Å²) in [7, 11) is -8.92. The Balaban J connectivity index is 2.09. The third kappa shape index (κ3) is 5.14. The second-order valence-electron chi connectivity index (χ2n) is 8.40. The summed E-state index contributed by atoms with van der Waals surface area (Å²) in [4.78, 5) is 26.2. The van der Waals surface area contributed by atoms with Gasteiger partial charge < -0.3 is 10.1 Å². The average Bonchev–Trinajstić information content (AvgIpc) is 2.70. The number of ether oxygens (including phenoxy) is 1. The molecule has 192 valence electrons. The van der Waals surface area contributed by atoms with Crippen LogP contribution in [0.15, 0.2) is 34.2 Å². The minimum Gasteiger partial charge on any atom is -0.381 e. The monoisotopic (exact) mass is 523 g/mol. The Kier molecular flexibility index (Phi) is 5.81. The fraction of sp³-hybridized carbons (Fsp3) is 0.526. The molecule has 1 aromatic rings. The second-order valence-corrected chi connectivity index (χ2v) is 10.8. The lowest BCUT2D eigenvalue weighted by molar-refractivity contribution is -0.169. The molecular weight excluding hydrogens is 502 g/mol. The molecule has 0 saturated carbocycles. The van der Waals surface area contributed by atoms with Crippen molar-refractivity contribution in [3.8, 4) is 0 Å². The number of rotatable bonds is 3. The van der Waals surface area contributed by atoms with Gasteiger partial charge in [-0.15, -0.1) is 0 Å². The van der Waals surface area contributed by atoms with Gasteiger partial charge in [0.1, 0.15) is 4.90 Å². The SMILES string of the molecule is CN1C(=O)[C@H](c2ccc(S(F)(F)(F)(F)F)cc2)[C@@](C)(C2CCOCC2)N/C1=N/C(=O)C(F)(F)F. The zero-order chi connectivity index (χ0) is 25.8. The first-order valence-electron chi connectivity index (χ1n) is 9.91. The van der Waals surface area contributed by atoms with E-state index in [2.05, 4.69) is 10.3 Å². The molecule has 2 fully saturated rings. The predicted molar refractivity (Wildman–Crippen MR) is 107 cm³/mol. The third-order valence-corrected chi connectivity index (χ3v) is 7.22. The number of alkyl halides is 3. The van der Waals surface area contributed by atoms with Crippen molar-refractivity contribution in [2.75, 3.05) is 20.3 Å². The van der Waals surface area contributed by atoms with Gasteiger partial charge >= 0.3 is 22.3 Å². The highest BCUT2D eigenvalue weighted by molar-refractivity contribution is 8.45. The van der Waals surface area contributed by atoms with Crippen molar-refractivity contribution in [1.29, 1.82) is 0 Å². The van der Waals surface area contributed by atoms with Crippen LogP contribution in [0.3, 0.4) is 0 Å². The van der Waals surface area contributed by atoms with Gasteiger partial charge in [0.15, 0.2) is 0 Å². The van der Waals surface area contributed by atoms with Crippen LogP contribution >= 0.6 is 10.2 Å². The van der Waals surface area contributed by atoms with Crippen molar-refractivity contribution >= 4 is 28.0 Å². The van der Waals surface area contributed by atoms with E-state index in [0.29, 0.717) is 17.7 Å². The van der Waals surface area contributed by atoms with Gasteiger partial charge in [-0.25, -0.2) is 0 Å². The van der Waals surface area contributed by atoms with E-state index >= 15 is 0 Å². The molecule has 0 unspecified atom stereocenters. The van der Waals surface area contributed by atoms with Crippen molar-refractivity contribution in [3.63, 3.8) is 0 Å². The van der Waals surface area contributed by atoms with Gasteiger partial charge in [0.05, 0.1) is 11.5 Å². The van der Waals surface area contributed by atoms with E-state index in [1.807, 2.05) is 0 Å². The molecule has 15 heteroatoms. The number of nitrogens with one attached hydrogen (secondary N) is 1. The maximum Gasteiger partial charge on any atom is 0.473 e. The fourth-order valence-corrected chi connectivity index (χ4v) is 4.91. The Morgan fingerprint density at radius 2 is 1.65 bits per heavy atom. The fourth-order valence-electron chi connectivity index (χ4n) is 4.26. The van der Waals surface area contributed by atoms with Crippen LogP contribution in [0.2, 0.25) is 0 Å². The first kappa shape index (κ1) is 26.2. The highest BCUT2D eigenvalue weighted by Gasteiger charge is 2.65. The number of likely N-dealkylation sites (N-methyl/N-ethyl adjacent to an activating group) is 1. The van der Waals surface area contributed by atoms with Crippen LogP contribution in [0.5, 0.6) is 0 Å². The molecule has 0 radical (unpaired) electrons. The number of nitrogens with zero attached hydrogens (tertiary/aromatic N) is 2.